The fourth-order valence-electron chi connectivity index (χ4n) is 2.67. The third kappa shape index (κ3) is 3.04. The van der Waals surface area contributed by atoms with Crippen molar-refractivity contribution in [2.45, 2.75) is 6.42 Å². The van der Waals surface area contributed by atoms with Crippen LogP contribution in [0.4, 0.5) is 4.39 Å². The number of halogens is 1. The molecule has 0 spiro atoms. The van der Waals surface area contributed by atoms with Crippen LogP contribution in [0, 0.1) is 5.82 Å². The monoisotopic (exact) mass is 321 g/mol. The van der Waals surface area contributed by atoms with Crippen molar-refractivity contribution in [3.05, 3.63) is 95.1 Å². The number of ketones is 2. The molecule has 1 aromatic heterocycles. The van der Waals surface area contributed by atoms with Gasteiger partial charge < -0.3 is 4.57 Å². The second-order valence-corrected chi connectivity index (χ2v) is 5.56. The number of hydrogen-bond acceptors (Lipinski definition) is 2. The van der Waals surface area contributed by atoms with Gasteiger partial charge in [-0.3, -0.25) is 9.59 Å². The van der Waals surface area contributed by atoms with Crippen LogP contribution in [0.1, 0.15) is 32.1 Å². The van der Waals surface area contributed by atoms with E-state index in [0.29, 0.717) is 5.69 Å². The van der Waals surface area contributed by atoms with E-state index in [-0.39, 0.29) is 23.5 Å². The third-order valence-corrected chi connectivity index (χ3v) is 3.97. The first-order chi connectivity index (χ1) is 11.6. The van der Waals surface area contributed by atoms with Gasteiger partial charge in [0.2, 0.25) is 5.78 Å². The largest absolute Gasteiger partial charge is 0.339 e. The molecule has 0 atom stereocenters. The Morgan fingerprint density at radius 3 is 2.21 bits per heavy atom. The summed E-state index contributed by atoms with van der Waals surface area (Å²) in [4.78, 5) is 25.0. The van der Waals surface area contributed by atoms with Crippen molar-refractivity contribution >= 4 is 11.6 Å². The maximum atomic E-state index is 13.8. The van der Waals surface area contributed by atoms with Crippen LogP contribution in [0.5, 0.6) is 0 Å². The third-order valence-electron chi connectivity index (χ3n) is 3.97. The molecule has 0 N–H and O–H groups in total. The molecule has 0 unspecified atom stereocenters. The van der Waals surface area contributed by atoms with Gasteiger partial charge in [0.15, 0.2) is 5.78 Å². The normalized spacial score (nSPS) is 10.6. The Bertz CT molecular complexity index is 897. The van der Waals surface area contributed by atoms with Crippen molar-refractivity contribution in [3.63, 3.8) is 0 Å². The van der Waals surface area contributed by atoms with Crippen LogP contribution in [0.2, 0.25) is 0 Å². The van der Waals surface area contributed by atoms with Crippen LogP contribution in [0.15, 0.2) is 66.7 Å². The summed E-state index contributed by atoms with van der Waals surface area (Å²) in [5.41, 5.74) is 1.63. The summed E-state index contributed by atoms with van der Waals surface area (Å²) < 4.78 is 15.3. The van der Waals surface area contributed by atoms with Crippen molar-refractivity contribution in [1.82, 2.24) is 4.57 Å². The molecule has 0 aliphatic rings. The minimum Gasteiger partial charge on any atom is -0.339 e. The summed E-state index contributed by atoms with van der Waals surface area (Å²) in [6, 6.07) is 18.4. The minimum absolute atomic E-state index is 0.000702. The van der Waals surface area contributed by atoms with Crippen molar-refractivity contribution in [3.8, 4) is 0 Å². The molecular formula is C20H16FNO2. The van der Waals surface area contributed by atoms with Gasteiger partial charge in [0.25, 0.3) is 0 Å². The Morgan fingerprint density at radius 1 is 0.875 bits per heavy atom. The number of rotatable bonds is 5. The second-order valence-electron chi connectivity index (χ2n) is 5.56. The lowest BCUT2D eigenvalue weighted by atomic mass is 10.1. The quantitative estimate of drug-likeness (QED) is 0.670. The summed E-state index contributed by atoms with van der Waals surface area (Å²) in [5.74, 6) is -1.09. The summed E-state index contributed by atoms with van der Waals surface area (Å²) in [6.45, 7) is 0. The summed E-state index contributed by atoms with van der Waals surface area (Å²) in [6.07, 6.45) is 0.256. The van der Waals surface area contributed by atoms with Crippen molar-refractivity contribution in [2.24, 2.45) is 7.05 Å². The Hall–Kier alpha value is -3.01. The maximum Gasteiger partial charge on any atom is 0.212 e. The molecule has 0 aliphatic heterocycles. The number of aromatic nitrogens is 1. The zero-order valence-electron chi connectivity index (χ0n) is 13.2. The first-order valence-corrected chi connectivity index (χ1v) is 7.60. The molecular weight excluding hydrogens is 305 g/mol. The maximum absolute atomic E-state index is 13.8. The highest BCUT2D eigenvalue weighted by molar-refractivity contribution is 6.09. The van der Waals surface area contributed by atoms with E-state index < -0.39 is 11.6 Å². The van der Waals surface area contributed by atoms with Crippen LogP contribution < -0.4 is 0 Å². The summed E-state index contributed by atoms with van der Waals surface area (Å²) in [5, 5.41) is 0. The highest BCUT2D eigenvalue weighted by atomic mass is 19.1. The van der Waals surface area contributed by atoms with E-state index >= 15 is 0 Å². The molecule has 1 heterocycles. The zero-order valence-corrected chi connectivity index (χ0v) is 13.2. The summed E-state index contributed by atoms with van der Waals surface area (Å²) in [7, 11) is 1.65. The molecule has 0 amide bonds. The number of benzene rings is 2. The van der Waals surface area contributed by atoms with E-state index in [1.165, 1.54) is 22.8 Å². The van der Waals surface area contributed by atoms with Gasteiger partial charge >= 0.3 is 0 Å². The molecule has 0 radical (unpaired) electrons. The van der Waals surface area contributed by atoms with Gasteiger partial charge in [-0.25, -0.2) is 4.39 Å². The molecule has 0 fully saturated rings. The average Bonchev–Trinajstić information content (AvgIpc) is 2.97. The van der Waals surface area contributed by atoms with Gasteiger partial charge in [0.05, 0.1) is 17.0 Å². The zero-order chi connectivity index (χ0) is 17.1. The first-order valence-electron chi connectivity index (χ1n) is 7.60. The van der Waals surface area contributed by atoms with E-state index in [4.69, 9.17) is 0 Å². The van der Waals surface area contributed by atoms with Crippen LogP contribution in [0.3, 0.4) is 0 Å². The number of Topliss-reactive ketones (excluding diaryl/α,β-unsaturated/α-hetero) is 1. The van der Waals surface area contributed by atoms with E-state index in [0.717, 1.165) is 5.56 Å². The van der Waals surface area contributed by atoms with Crippen molar-refractivity contribution in [1.29, 1.82) is 0 Å². The van der Waals surface area contributed by atoms with E-state index in [1.54, 1.807) is 25.2 Å². The van der Waals surface area contributed by atoms with Gasteiger partial charge in [-0.2, -0.15) is 0 Å². The van der Waals surface area contributed by atoms with Gasteiger partial charge in [0, 0.05) is 13.5 Å². The minimum atomic E-state index is -0.569. The van der Waals surface area contributed by atoms with Gasteiger partial charge in [-0.15, -0.1) is 0 Å². The van der Waals surface area contributed by atoms with Gasteiger partial charge in [-0.1, -0.05) is 42.5 Å². The second kappa shape index (κ2) is 6.62. The van der Waals surface area contributed by atoms with Gasteiger partial charge in [0.1, 0.15) is 5.82 Å². The lowest BCUT2D eigenvalue weighted by Crippen LogP contribution is -2.14. The van der Waals surface area contributed by atoms with Crippen LogP contribution in [-0.2, 0) is 13.5 Å². The topological polar surface area (TPSA) is 39.1 Å². The van der Waals surface area contributed by atoms with Crippen LogP contribution in [-0.4, -0.2) is 16.1 Å². The molecule has 3 rings (SSSR count). The lowest BCUT2D eigenvalue weighted by molar-refractivity contribution is 0.0984. The van der Waals surface area contributed by atoms with Crippen LogP contribution in [0.25, 0.3) is 0 Å². The first kappa shape index (κ1) is 15.9. The van der Waals surface area contributed by atoms with E-state index in [1.807, 2.05) is 30.3 Å². The molecule has 2 aromatic carbocycles. The molecule has 24 heavy (non-hydrogen) atoms. The van der Waals surface area contributed by atoms with Crippen molar-refractivity contribution in [2.75, 3.05) is 0 Å². The molecule has 0 saturated heterocycles. The molecule has 0 bridgehead atoms. The molecule has 0 aliphatic carbocycles. The van der Waals surface area contributed by atoms with Crippen LogP contribution >= 0.6 is 0 Å². The van der Waals surface area contributed by atoms with E-state index in [2.05, 4.69) is 0 Å². The standard InChI is InChI=1S/C20H16FNO2/c1-22-17(19(23)13-14-7-3-2-4-8-14)11-12-18(22)20(24)15-9-5-6-10-16(15)21/h2-12H,13H2,1H3. The van der Waals surface area contributed by atoms with Gasteiger partial charge in [-0.05, 0) is 29.8 Å². The predicted molar refractivity (Wildman–Crippen MR) is 89.7 cm³/mol. The van der Waals surface area contributed by atoms with Crippen molar-refractivity contribution < 1.29 is 14.0 Å². The lowest BCUT2D eigenvalue weighted by Gasteiger charge is -2.07. The predicted octanol–water partition coefficient (Wildman–Crippen LogP) is 3.82. The number of carbonyl (C=O) groups is 2. The number of carbonyl (C=O) groups excluding carboxylic acids is 2. The number of hydrogen-bond donors (Lipinski definition) is 0. The molecule has 0 saturated carbocycles. The SMILES string of the molecule is Cn1c(C(=O)Cc2ccccc2)ccc1C(=O)c1ccccc1F. The smallest absolute Gasteiger partial charge is 0.212 e. The number of nitrogens with zero attached hydrogens (tertiary/aromatic N) is 1. The Balaban J connectivity index is 1.87. The van der Waals surface area contributed by atoms with E-state index in [9.17, 15) is 14.0 Å². The molecule has 3 aromatic rings. The Morgan fingerprint density at radius 2 is 1.50 bits per heavy atom. The highest BCUT2D eigenvalue weighted by Crippen LogP contribution is 2.17. The molecule has 120 valence electrons. The molecule has 3 nitrogen and oxygen atoms in total. The fourth-order valence-corrected chi connectivity index (χ4v) is 2.67. The Labute approximate surface area is 139 Å². The summed E-state index contributed by atoms with van der Waals surface area (Å²) >= 11 is 0. The highest BCUT2D eigenvalue weighted by Gasteiger charge is 2.20. The molecule has 4 heteroatoms. The average molecular weight is 321 g/mol. The fraction of sp³-hybridized carbons (Fsp3) is 0.100. The Kier molecular flexibility index (Phi) is 4.38.